The topological polar surface area (TPSA) is 24.9 Å². The van der Waals surface area contributed by atoms with Crippen LogP contribution in [0.3, 0.4) is 0 Å². The predicted octanol–water partition coefficient (Wildman–Crippen LogP) is 2.15. The van der Waals surface area contributed by atoms with Gasteiger partial charge in [-0.05, 0) is 50.2 Å². The lowest BCUT2D eigenvalue weighted by Gasteiger charge is -2.28. The number of aromatic nitrogens is 1. The van der Waals surface area contributed by atoms with Crippen LogP contribution in [0.4, 0.5) is 0 Å². The average molecular weight is 202 g/mol. The summed E-state index contributed by atoms with van der Waals surface area (Å²) in [6.07, 6.45) is 8.58. The Morgan fingerprint density at radius 2 is 2.00 bits per heavy atom. The Labute approximate surface area is 91.1 Å². The van der Waals surface area contributed by atoms with Crippen molar-refractivity contribution < 1.29 is 0 Å². The normalized spacial score (nSPS) is 34.3. The van der Waals surface area contributed by atoms with E-state index >= 15 is 0 Å². The number of rotatable bonds is 2. The Morgan fingerprint density at radius 1 is 1.20 bits per heavy atom. The van der Waals surface area contributed by atoms with E-state index in [1.807, 2.05) is 12.3 Å². The molecule has 1 unspecified atom stereocenters. The molecule has 0 spiro atoms. The summed E-state index contributed by atoms with van der Waals surface area (Å²) in [7, 11) is 0. The van der Waals surface area contributed by atoms with E-state index < -0.39 is 0 Å². The highest BCUT2D eigenvalue weighted by Crippen LogP contribution is 2.32. The molecule has 2 nitrogen and oxygen atoms in total. The van der Waals surface area contributed by atoms with Crippen molar-refractivity contribution >= 4 is 0 Å². The Bertz CT molecular complexity index is 311. The number of hydrogen-bond donors (Lipinski definition) is 1. The molecule has 2 heteroatoms. The second-order valence-corrected chi connectivity index (χ2v) is 5.00. The lowest BCUT2D eigenvalue weighted by molar-refractivity contribution is 0.297. The SMILES string of the molecule is c1ccc(CC2C[C@H]3CC[C@@H](C2)N3)nc1. The maximum atomic E-state index is 4.42. The van der Waals surface area contributed by atoms with Crippen LogP contribution in [0.25, 0.3) is 0 Å². The minimum Gasteiger partial charge on any atom is -0.311 e. The zero-order valence-corrected chi connectivity index (χ0v) is 9.02. The fourth-order valence-corrected chi connectivity index (χ4v) is 3.16. The van der Waals surface area contributed by atoms with Crippen LogP contribution in [-0.2, 0) is 6.42 Å². The standard InChI is InChI=1S/C13H18N2/c1-2-6-14-11(3-1)7-10-8-12-4-5-13(9-10)15-12/h1-3,6,10,12-13,15H,4-5,7-9H2/t10?,12-,13+. The smallest absolute Gasteiger partial charge is 0.0406 e. The zero-order chi connectivity index (χ0) is 10.1. The number of pyridine rings is 1. The molecule has 2 aliphatic rings. The molecule has 1 N–H and O–H groups in total. The van der Waals surface area contributed by atoms with Crippen LogP contribution < -0.4 is 5.32 Å². The van der Waals surface area contributed by atoms with Crippen LogP contribution >= 0.6 is 0 Å². The minimum atomic E-state index is 0.803. The van der Waals surface area contributed by atoms with E-state index in [-0.39, 0.29) is 0 Å². The van der Waals surface area contributed by atoms with E-state index in [4.69, 9.17) is 0 Å². The molecule has 2 fully saturated rings. The molecule has 2 bridgehead atoms. The third-order valence-electron chi connectivity index (χ3n) is 3.79. The van der Waals surface area contributed by atoms with Crippen molar-refractivity contribution in [1.29, 1.82) is 0 Å². The van der Waals surface area contributed by atoms with Gasteiger partial charge in [-0.25, -0.2) is 0 Å². The van der Waals surface area contributed by atoms with Crippen molar-refractivity contribution in [2.75, 3.05) is 0 Å². The molecule has 1 aromatic rings. The van der Waals surface area contributed by atoms with Crippen LogP contribution in [0, 0.1) is 5.92 Å². The molecule has 0 saturated carbocycles. The molecular weight excluding hydrogens is 184 g/mol. The van der Waals surface area contributed by atoms with Gasteiger partial charge >= 0.3 is 0 Å². The first-order valence-electron chi connectivity index (χ1n) is 6.06. The van der Waals surface area contributed by atoms with Gasteiger partial charge < -0.3 is 5.32 Å². The van der Waals surface area contributed by atoms with Crippen molar-refractivity contribution in [2.45, 2.75) is 44.2 Å². The van der Waals surface area contributed by atoms with Gasteiger partial charge in [0.15, 0.2) is 0 Å². The summed E-state index contributed by atoms with van der Waals surface area (Å²) in [5.41, 5.74) is 1.27. The van der Waals surface area contributed by atoms with E-state index in [0.717, 1.165) is 18.0 Å². The van der Waals surface area contributed by atoms with Crippen molar-refractivity contribution in [3.05, 3.63) is 30.1 Å². The van der Waals surface area contributed by atoms with Crippen LogP contribution in [0.2, 0.25) is 0 Å². The van der Waals surface area contributed by atoms with Gasteiger partial charge in [-0.3, -0.25) is 4.98 Å². The number of fused-ring (bicyclic) bond motifs is 2. The molecule has 0 radical (unpaired) electrons. The maximum Gasteiger partial charge on any atom is 0.0406 e. The molecule has 3 rings (SSSR count). The second-order valence-electron chi connectivity index (χ2n) is 5.00. The quantitative estimate of drug-likeness (QED) is 0.795. The third kappa shape index (κ3) is 2.05. The maximum absolute atomic E-state index is 4.42. The highest BCUT2D eigenvalue weighted by molar-refractivity contribution is 5.06. The zero-order valence-electron chi connectivity index (χ0n) is 9.02. The molecular formula is C13H18N2. The number of nitrogens with one attached hydrogen (secondary N) is 1. The monoisotopic (exact) mass is 202 g/mol. The van der Waals surface area contributed by atoms with Gasteiger partial charge in [0, 0.05) is 24.0 Å². The van der Waals surface area contributed by atoms with Crippen molar-refractivity contribution in [1.82, 2.24) is 10.3 Å². The Balaban J connectivity index is 1.65. The second kappa shape index (κ2) is 3.93. The molecule has 80 valence electrons. The van der Waals surface area contributed by atoms with Gasteiger partial charge in [0.25, 0.3) is 0 Å². The number of nitrogens with zero attached hydrogens (tertiary/aromatic N) is 1. The summed E-state index contributed by atoms with van der Waals surface area (Å²) in [6, 6.07) is 7.85. The van der Waals surface area contributed by atoms with Gasteiger partial charge in [-0.2, -0.15) is 0 Å². The third-order valence-corrected chi connectivity index (χ3v) is 3.79. The van der Waals surface area contributed by atoms with Crippen LogP contribution in [0.5, 0.6) is 0 Å². The minimum absolute atomic E-state index is 0.803. The number of hydrogen-bond acceptors (Lipinski definition) is 2. The van der Waals surface area contributed by atoms with Gasteiger partial charge in [-0.15, -0.1) is 0 Å². The van der Waals surface area contributed by atoms with E-state index in [0.29, 0.717) is 0 Å². The van der Waals surface area contributed by atoms with Crippen molar-refractivity contribution in [3.8, 4) is 0 Å². The van der Waals surface area contributed by atoms with Crippen molar-refractivity contribution in [3.63, 3.8) is 0 Å². The summed E-state index contributed by atoms with van der Waals surface area (Å²) in [5, 5.41) is 3.69. The molecule has 3 atom stereocenters. The first-order chi connectivity index (χ1) is 7.40. The van der Waals surface area contributed by atoms with Gasteiger partial charge in [-0.1, -0.05) is 6.07 Å². The summed E-state index contributed by atoms with van der Waals surface area (Å²) >= 11 is 0. The van der Waals surface area contributed by atoms with Crippen molar-refractivity contribution in [2.24, 2.45) is 5.92 Å². The van der Waals surface area contributed by atoms with Crippen LogP contribution in [-0.4, -0.2) is 17.1 Å². The molecule has 2 aliphatic heterocycles. The van der Waals surface area contributed by atoms with Crippen LogP contribution in [0.15, 0.2) is 24.4 Å². The summed E-state index contributed by atoms with van der Waals surface area (Å²) in [4.78, 5) is 4.42. The molecule has 2 saturated heterocycles. The largest absolute Gasteiger partial charge is 0.311 e. The average Bonchev–Trinajstić information content (AvgIpc) is 2.60. The summed E-state index contributed by atoms with van der Waals surface area (Å²) in [5.74, 6) is 0.860. The lowest BCUT2D eigenvalue weighted by atomic mass is 9.88. The predicted molar refractivity (Wildman–Crippen MR) is 60.6 cm³/mol. The molecule has 0 amide bonds. The Morgan fingerprint density at radius 3 is 2.67 bits per heavy atom. The first-order valence-corrected chi connectivity index (χ1v) is 6.06. The van der Waals surface area contributed by atoms with E-state index in [1.54, 1.807) is 0 Å². The van der Waals surface area contributed by atoms with E-state index in [1.165, 1.54) is 37.8 Å². The molecule has 0 aliphatic carbocycles. The highest BCUT2D eigenvalue weighted by atomic mass is 15.0. The molecule has 15 heavy (non-hydrogen) atoms. The van der Waals surface area contributed by atoms with Gasteiger partial charge in [0.2, 0.25) is 0 Å². The Kier molecular flexibility index (Phi) is 2.45. The molecule has 3 heterocycles. The lowest BCUT2D eigenvalue weighted by Crippen LogP contribution is -2.38. The fourth-order valence-electron chi connectivity index (χ4n) is 3.16. The summed E-state index contributed by atoms with van der Waals surface area (Å²) < 4.78 is 0. The molecule has 1 aromatic heterocycles. The van der Waals surface area contributed by atoms with Gasteiger partial charge in [0.05, 0.1) is 0 Å². The fraction of sp³-hybridized carbons (Fsp3) is 0.615. The van der Waals surface area contributed by atoms with E-state index in [2.05, 4.69) is 22.4 Å². The summed E-state index contributed by atoms with van der Waals surface area (Å²) in [6.45, 7) is 0. The highest BCUT2D eigenvalue weighted by Gasteiger charge is 2.33. The molecule has 0 aromatic carbocycles. The van der Waals surface area contributed by atoms with Gasteiger partial charge in [0.1, 0.15) is 0 Å². The number of piperidine rings is 1. The first kappa shape index (κ1) is 9.34. The Hall–Kier alpha value is -0.890. The van der Waals surface area contributed by atoms with Crippen LogP contribution in [0.1, 0.15) is 31.4 Å². The van der Waals surface area contributed by atoms with E-state index in [9.17, 15) is 0 Å².